The molecular weight excluding hydrogens is 248 g/mol. The number of benzene rings is 1. The topological polar surface area (TPSA) is 81.9 Å². The molecule has 102 valence electrons. The molecular formula is C13H16N2O4. The second kappa shape index (κ2) is 5.81. The Hall–Kier alpha value is -1.92. The van der Waals surface area contributed by atoms with Crippen molar-refractivity contribution in [1.29, 1.82) is 0 Å². The largest absolute Gasteiger partial charge is 0.465 e. The van der Waals surface area contributed by atoms with E-state index >= 15 is 0 Å². The highest BCUT2D eigenvalue weighted by Crippen LogP contribution is 2.24. The number of carbonyl (C=O) groups excluding carboxylic acids is 2. The van der Waals surface area contributed by atoms with Crippen molar-refractivity contribution in [2.24, 2.45) is 5.73 Å². The fourth-order valence-electron chi connectivity index (χ4n) is 2.04. The third-order valence-electron chi connectivity index (χ3n) is 2.99. The van der Waals surface area contributed by atoms with Crippen LogP contribution in [-0.4, -0.2) is 44.8 Å². The van der Waals surface area contributed by atoms with Gasteiger partial charge < -0.3 is 20.1 Å². The van der Waals surface area contributed by atoms with Gasteiger partial charge in [-0.15, -0.1) is 0 Å². The normalized spacial score (nSPS) is 19.4. The zero-order valence-electron chi connectivity index (χ0n) is 10.7. The summed E-state index contributed by atoms with van der Waals surface area (Å²) in [6.07, 6.45) is -0.653. The molecule has 0 aliphatic carbocycles. The van der Waals surface area contributed by atoms with E-state index in [1.54, 1.807) is 24.3 Å². The predicted octanol–water partition coefficient (Wildman–Crippen LogP) is 0.164. The van der Waals surface area contributed by atoms with Crippen LogP contribution in [0.5, 0.6) is 0 Å². The minimum atomic E-state index is -0.653. The van der Waals surface area contributed by atoms with Crippen molar-refractivity contribution < 1.29 is 19.1 Å². The van der Waals surface area contributed by atoms with E-state index < -0.39 is 12.1 Å². The molecule has 1 aromatic rings. The number of hydrogen-bond donors (Lipinski definition) is 1. The molecule has 1 aromatic carbocycles. The predicted molar refractivity (Wildman–Crippen MR) is 68.9 cm³/mol. The van der Waals surface area contributed by atoms with Crippen molar-refractivity contribution in [3.8, 4) is 0 Å². The van der Waals surface area contributed by atoms with Crippen molar-refractivity contribution in [2.75, 3.05) is 31.7 Å². The number of ether oxygens (including phenoxy) is 2. The van der Waals surface area contributed by atoms with Crippen LogP contribution >= 0.6 is 0 Å². The van der Waals surface area contributed by atoms with Crippen LogP contribution in [0.25, 0.3) is 0 Å². The van der Waals surface area contributed by atoms with Crippen LogP contribution in [0.4, 0.5) is 5.69 Å². The Morgan fingerprint density at radius 1 is 1.53 bits per heavy atom. The standard InChI is InChI=1S/C13H16N2O4/c1-18-13(17)9-4-2-3-5-10(9)15-6-7-19-11(8-14)12(15)16/h2-5,11H,6-8,14H2,1H3. The molecule has 6 heteroatoms. The van der Waals surface area contributed by atoms with Crippen LogP contribution in [0.2, 0.25) is 0 Å². The second-order valence-corrected chi connectivity index (χ2v) is 4.09. The Morgan fingerprint density at radius 2 is 2.26 bits per heavy atom. The zero-order chi connectivity index (χ0) is 13.8. The summed E-state index contributed by atoms with van der Waals surface area (Å²) in [6, 6.07) is 6.83. The van der Waals surface area contributed by atoms with Crippen molar-refractivity contribution in [3.05, 3.63) is 29.8 Å². The molecule has 1 amide bonds. The SMILES string of the molecule is COC(=O)c1ccccc1N1CCOC(CN)C1=O. The van der Waals surface area contributed by atoms with Gasteiger partial charge in [0.15, 0.2) is 0 Å². The van der Waals surface area contributed by atoms with E-state index in [-0.39, 0.29) is 12.5 Å². The number of methoxy groups -OCH3 is 1. The summed E-state index contributed by atoms with van der Waals surface area (Å²) in [5, 5.41) is 0. The maximum absolute atomic E-state index is 12.2. The first-order chi connectivity index (χ1) is 9.19. The Kier molecular flexibility index (Phi) is 4.13. The van der Waals surface area contributed by atoms with Crippen LogP contribution in [0.1, 0.15) is 10.4 Å². The quantitative estimate of drug-likeness (QED) is 0.787. The molecule has 19 heavy (non-hydrogen) atoms. The van der Waals surface area contributed by atoms with E-state index in [9.17, 15) is 9.59 Å². The Morgan fingerprint density at radius 3 is 2.95 bits per heavy atom. The van der Waals surface area contributed by atoms with Gasteiger partial charge in [-0.25, -0.2) is 4.79 Å². The number of para-hydroxylation sites is 1. The fraction of sp³-hybridized carbons (Fsp3) is 0.385. The lowest BCUT2D eigenvalue weighted by Crippen LogP contribution is -2.51. The van der Waals surface area contributed by atoms with Gasteiger partial charge in [-0.2, -0.15) is 0 Å². The van der Waals surface area contributed by atoms with Crippen LogP contribution in [0.3, 0.4) is 0 Å². The summed E-state index contributed by atoms with van der Waals surface area (Å²) in [4.78, 5) is 25.4. The molecule has 1 aliphatic rings. The highest BCUT2D eigenvalue weighted by Gasteiger charge is 2.31. The highest BCUT2D eigenvalue weighted by molar-refractivity contribution is 6.04. The molecule has 1 saturated heterocycles. The van der Waals surface area contributed by atoms with Gasteiger partial charge in [0.05, 0.1) is 25.0 Å². The van der Waals surface area contributed by atoms with Crippen LogP contribution in [0.15, 0.2) is 24.3 Å². The number of anilines is 1. The second-order valence-electron chi connectivity index (χ2n) is 4.09. The Bertz CT molecular complexity index is 489. The molecule has 1 unspecified atom stereocenters. The van der Waals surface area contributed by atoms with Gasteiger partial charge in [0.25, 0.3) is 5.91 Å². The van der Waals surface area contributed by atoms with Gasteiger partial charge in [0.1, 0.15) is 6.10 Å². The maximum Gasteiger partial charge on any atom is 0.339 e. The molecule has 2 rings (SSSR count). The van der Waals surface area contributed by atoms with Crippen molar-refractivity contribution in [3.63, 3.8) is 0 Å². The molecule has 1 heterocycles. The van der Waals surface area contributed by atoms with Crippen molar-refractivity contribution in [2.45, 2.75) is 6.10 Å². The lowest BCUT2D eigenvalue weighted by molar-refractivity contribution is -0.133. The first kappa shape index (κ1) is 13.5. The van der Waals surface area contributed by atoms with Crippen molar-refractivity contribution >= 4 is 17.6 Å². The lowest BCUT2D eigenvalue weighted by Gasteiger charge is -2.32. The average molecular weight is 264 g/mol. The smallest absolute Gasteiger partial charge is 0.339 e. The molecule has 0 spiro atoms. The number of morpholine rings is 1. The van der Waals surface area contributed by atoms with E-state index in [0.29, 0.717) is 24.4 Å². The molecule has 1 fully saturated rings. The molecule has 0 aromatic heterocycles. The first-order valence-corrected chi connectivity index (χ1v) is 5.99. The summed E-state index contributed by atoms with van der Waals surface area (Å²) < 4.78 is 10.0. The summed E-state index contributed by atoms with van der Waals surface area (Å²) in [7, 11) is 1.31. The number of nitrogens with zero attached hydrogens (tertiary/aromatic N) is 1. The molecule has 1 aliphatic heterocycles. The molecule has 0 bridgehead atoms. The monoisotopic (exact) mass is 264 g/mol. The Labute approximate surface area is 111 Å². The zero-order valence-corrected chi connectivity index (χ0v) is 10.7. The summed E-state index contributed by atoms with van der Waals surface area (Å²) in [6.45, 7) is 0.905. The molecule has 0 radical (unpaired) electrons. The number of rotatable bonds is 3. The third-order valence-corrected chi connectivity index (χ3v) is 2.99. The van der Waals surface area contributed by atoms with E-state index in [2.05, 4.69) is 0 Å². The van der Waals surface area contributed by atoms with Gasteiger partial charge in [0.2, 0.25) is 0 Å². The summed E-state index contributed by atoms with van der Waals surface area (Å²) in [5.74, 6) is -0.704. The molecule has 6 nitrogen and oxygen atoms in total. The van der Waals surface area contributed by atoms with Crippen LogP contribution in [0, 0.1) is 0 Å². The number of nitrogens with two attached hydrogens (primary N) is 1. The fourth-order valence-corrected chi connectivity index (χ4v) is 2.04. The minimum Gasteiger partial charge on any atom is -0.465 e. The average Bonchev–Trinajstić information content (AvgIpc) is 2.47. The summed E-state index contributed by atoms with van der Waals surface area (Å²) in [5.41, 5.74) is 6.38. The number of amides is 1. The Balaban J connectivity index is 2.35. The van der Waals surface area contributed by atoms with Crippen molar-refractivity contribution in [1.82, 2.24) is 0 Å². The third kappa shape index (κ3) is 2.59. The number of hydrogen-bond acceptors (Lipinski definition) is 5. The van der Waals surface area contributed by atoms with Crippen LogP contribution < -0.4 is 10.6 Å². The van der Waals surface area contributed by atoms with E-state index in [0.717, 1.165) is 0 Å². The minimum absolute atomic E-state index is 0.121. The first-order valence-electron chi connectivity index (χ1n) is 5.99. The lowest BCUT2D eigenvalue weighted by atomic mass is 10.1. The molecule has 0 saturated carbocycles. The highest BCUT2D eigenvalue weighted by atomic mass is 16.5. The van der Waals surface area contributed by atoms with Gasteiger partial charge in [-0.3, -0.25) is 4.79 Å². The van der Waals surface area contributed by atoms with Gasteiger partial charge in [0, 0.05) is 13.1 Å². The van der Waals surface area contributed by atoms with Gasteiger partial charge >= 0.3 is 5.97 Å². The van der Waals surface area contributed by atoms with Crippen LogP contribution in [-0.2, 0) is 14.3 Å². The van der Waals surface area contributed by atoms with E-state index in [1.807, 2.05) is 0 Å². The van der Waals surface area contributed by atoms with Gasteiger partial charge in [-0.05, 0) is 12.1 Å². The number of carbonyl (C=O) groups is 2. The maximum atomic E-state index is 12.2. The van der Waals surface area contributed by atoms with Gasteiger partial charge in [-0.1, -0.05) is 12.1 Å². The molecule has 2 N–H and O–H groups in total. The number of esters is 1. The van der Waals surface area contributed by atoms with E-state index in [1.165, 1.54) is 12.0 Å². The van der Waals surface area contributed by atoms with E-state index in [4.69, 9.17) is 15.2 Å². The summed E-state index contributed by atoms with van der Waals surface area (Å²) >= 11 is 0. The molecule has 1 atom stereocenters.